The number of hydrogen-bond donors (Lipinski definition) is 1. The van der Waals surface area contributed by atoms with E-state index in [1.165, 1.54) is 0 Å². The molecule has 0 amide bonds. The zero-order valence-electron chi connectivity index (χ0n) is 12.2. The predicted molar refractivity (Wildman–Crippen MR) is 82.4 cm³/mol. The Kier molecular flexibility index (Phi) is 3.62. The number of aryl methyl sites for hydroxylation is 1. The summed E-state index contributed by atoms with van der Waals surface area (Å²) >= 11 is 0. The largest absolute Gasteiger partial charge is 0.494 e. The van der Waals surface area contributed by atoms with Crippen molar-refractivity contribution >= 4 is 11.0 Å². The van der Waals surface area contributed by atoms with Gasteiger partial charge in [-0.25, -0.2) is 4.98 Å². The third-order valence-corrected chi connectivity index (χ3v) is 3.57. The summed E-state index contributed by atoms with van der Waals surface area (Å²) in [6, 6.07) is 15.3. The molecule has 2 aromatic carbocycles. The zero-order valence-corrected chi connectivity index (χ0v) is 12.2. The first-order valence-corrected chi connectivity index (χ1v) is 7.03. The van der Waals surface area contributed by atoms with Gasteiger partial charge in [0.1, 0.15) is 17.7 Å². The van der Waals surface area contributed by atoms with Crippen LogP contribution < -0.4 is 4.74 Å². The third-order valence-electron chi connectivity index (χ3n) is 3.57. The fourth-order valence-corrected chi connectivity index (χ4v) is 2.47. The van der Waals surface area contributed by atoms with Crippen molar-refractivity contribution in [1.29, 1.82) is 0 Å². The summed E-state index contributed by atoms with van der Waals surface area (Å²) in [6.45, 7) is 2.58. The van der Waals surface area contributed by atoms with Gasteiger partial charge < -0.3 is 14.4 Å². The van der Waals surface area contributed by atoms with Gasteiger partial charge in [-0.05, 0) is 36.8 Å². The van der Waals surface area contributed by atoms with E-state index in [-0.39, 0.29) is 0 Å². The van der Waals surface area contributed by atoms with E-state index in [4.69, 9.17) is 4.74 Å². The summed E-state index contributed by atoms with van der Waals surface area (Å²) in [4.78, 5) is 4.53. The Morgan fingerprint density at radius 2 is 1.86 bits per heavy atom. The summed E-state index contributed by atoms with van der Waals surface area (Å²) in [5.41, 5.74) is 2.70. The lowest BCUT2D eigenvalue weighted by Gasteiger charge is -2.12. The quantitative estimate of drug-likeness (QED) is 0.800. The number of aliphatic hydroxyl groups is 1. The van der Waals surface area contributed by atoms with Crippen LogP contribution in [0, 0.1) is 0 Å². The molecule has 0 fully saturated rings. The van der Waals surface area contributed by atoms with E-state index in [0.717, 1.165) is 22.3 Å². The minimum absolute atomic E-state index is 0.632. The Hall–Kier alpha value is -2.33. The highest BCUT2D eigenvalue weighted by Crippen LogP contribution is 2.26. The van der Waals surface area contributed by atoms with Gasteiger partial charge in [-0.1, -0.05) is 24.3 Å². The topological polar surface area (TPSA) is 47.3 Å². The first kappa shape index (κ1) is 13.6. The number of rotatable bonds is 4. The maximum atomic E-state index is 10.6. The second-order valence-electron chi connectivity index (χ2n) is 4.92. The van der Waals surface area contributed by atoms with Crippen LogP contribution in [0.15, 0.2) is 48.5 Å². The van der Waals surface area contributed by atoms with Gasteiger partial charge in [0.15, 0.2) is 0 Å². The van der Waals surface area contributed by atoms with Gasteiger partial charge in [0, 0.05) is 7.05 Å². The van der Waals surface area contributed by atoms with Crippen LogP contribution in [0.1, 0.15) is 24.4 Å². The van der Waals surface area contributed by atoms with Gasteiger partial charge >= 0.3 is 0 Å². The van der Waals surface area contributed by atoms with Crippen molar-refractivity contribution in [2.45, 2.75) is 13.0 Å². The maximum Gasteiger partial charge on any atom is 0.143 e. The van der Waals surface area contributed by atoms with E-state index in [2.05, 4.69) is 4.98 Å². The number of nitrogens with zero attached hydrogens (tertiary/aromatic N) is 2. The number of aromatic nitrogens is 2. The summed E-state index contributed by atoms with van der Waals surface area (Å²) < 4.78 is 7.34. The Morgan fingerprint density at radius 1 is 1.14 bits per heavy atom. The molecule has 0 spiro atoms. The minimum Gasteiger partial charge on any atom is -0.494 e. The summed E-state index contributed by atoms with van der Waals surface area (Å²) in [5.74, 6) is 1.44. The molecule has 0 aliphatic carbocycles. The standard InChI is InChI=1S/C17H18N2O2/c1-3-21-13-10-8-12(9-11-13)16(20)17-18-14-6-4-5-7-15(14)19(17)2/h4-11,16,20H,3H2,1-2H3/t16-/m0/s1. The molecule has 1 heterocycles. The van der Waals surface area contributed by atoms with Crippen molar-refractivity contribution in [3.63, 3.8) is 0 Å². The number of fused-ring (bicyclic) bond motifs is 1. The Bertz CT molecular complexity index is 747. The van der Waals surface area contributed by atoms with Crippen LogP contribution in [0.5, 0.6) is 5.75 Å². The van der Waals surface area contributed by atoms with E-state index in [0.29, 0.717) is 12.4 Å². The fourth-order valence-electron chi connectivity index (χ4n) is 2.47. The molecule has 3 rings (SSSR count). The molecule has 21 heavy (non-hydrogen) atoms. The molecule has 0 aliphatic rings. The molecule has 1 N–H and O–H groups in total. The molecule has 108 valence electrons. The highest BCUT2D eigenvalue weighted by molar-refractivity contribution is 5.76. The fraction of sp³-hybridized carbons (Fsp3) is 0.235. The molecule has 0 radical (unpaired) electrons. The molecule has 1 atom stereocenters. The van der Waals surface area contributed by atoms with Gasteiger partial charge in [-0.2, -0.15) is 0 Å². The van der Waals surface area contributed by atoms with Crippen LogP contribution in [0.3, 0.4) is 0 Å². The van der Waals surface area contributed by atoms with E-state index >= 15 is 0 Å². The van der Waals surface area contributed by atoms with Crippen LogP contribution in [0.2, 0.25) is 0 Å². The van der Waals surface area contributed by atoms with E-state index in [1.54, 1.807) is 0 Å². The first-order valence-electron chi connectivity index (χ1n) is 7.03. The monoisotopic (exact) mass is 282 g/mol. The average Bonchev–Trinajstić information content (AvgIpc) is 2.85. The van der Waals surface area contributed by atoms with Crippen molar-refractivity contribution < 1.29 is 9.84 Å². The predicted octanol–water partition coefficient (Wildman–Crippen LogP) is 3.05. The average molecular weight is 282 g/mol. The molecule has 4 heteroatoms. The number of aliphatic hydroxyl groups excluding tert-OH is 1. The van der Waals surface area contributed by atoms with Crippen LogP contribution in [-0.2, 0) is 7.05 Å². The molecule has 0 bridgehead atoms. The van der Waals surface area contributed by atoms with Gasteiger partial charge in [-0.15, -0.1) is 0 Å². The van der Waals surface area contributed by atoms with Crippen molar-refractivity contribution in [1.82, 2.24) is 9.55 Å². The molecule has 0 unspecified atom stereocenters. The van der Waals surface area contributed by atoms with E-state index in [1.807, 2.05) is 67.1 Å². The van der Waals surface area contributed by atoms with Crippen LogP contribution in [-0.4, -0.2) is 21.3 Å². The first-order chi connectivity index (χ1) is 10.2. The molecular weight excluding hydrogens is 264 g/mol. The second kappa shape index (κ2) is 5.58. The minimum atomic E-state index is -0.752. The zero-order chi connectivity index (χ0) is 14.8. The number of benzene rings is 2. The Balaban J connectivity index is 1.96. The van der Waals surface area contributed by atoms with Gasteiger partial charge in [0.25, 0.3) is 0 Å². The Labute approximate surface area is 123 Å². The highest BCUT2D eigenvalue weighted by atomic mass is 16.5. The summed E-state index contributed by atoms with van der Waals surface area (Å²) in [5, 5.41) is 10.6. The smallest absolute Gasteiger partial charge is 0.143 e. The van der Waals surface area contributed by atoms with Crippen molar-refractivity contribution in [2.24, 2.45) is 7.05 Å². The van der Waals surface area contributed by atoms with E-state index < -0.39 is 6.10 Å². The molecule has 0 saturated carbocycles. The lowest BCUT2D eigenvalue weighted by atomic mass is 10.1. The van der Waals surface area contributed by atoms with Gasteiger partial charge in [0.05, 0.1) is 17.6 Å². The second-order valence-corrected chi connectivity index (χ2v) is 4.92. The molecule has 1 aromatic heterocycles. The number of imidazole rings is 1. The van der Waals surface area contributed by atoms with Crippen LogP contribution in [0.25, 0.3) is 11.0 Å². The van der Waals surface area contributed by atoms with E-state index in [9.17, 15) is 5.11 Å². The molecular formula is C17H18N2O2. The van der Waals surface area contributed by atoms with Crippen molar-refractivity contribution in [2.75, 3.05) is 6.61 Å². The van der Waals surface area contributed by atoms with Crippen LogP contribution in [0.4, 0.5) is 0 Å². The summed E-state index contributed by atoms with van der Waals surface area (Å²) in [7, 11) is 1.92. The number of hydrogen-bond acceptors (Lipinski definition) is 3. The van der Waals surface area contributed by atoms with Gasteiger partial charge in [-0.3, -0.25) is 0 Å². The van der Waals surface area contributed by atoms with Crippen LogP contribution >= 0.6 is 0 Å². The number of ether oxygens (including phenoxy) is 1. The SMILES string of the molecule is CCOc1ccc([C@H](O)c2nc3ccccc3n2C)cc1. The Morgan fingerprint density at radius 3 is 2.52 bits per heavy atom. The summed E-state index contributed by atoms with van der Waals surface area (Å²) in [6.07, 6.45) is -0.752. The molecule has 0 saturated heterocycles. The molecule has 4 nitrogen and oxygen atoms in total. The van der Waals surface area contributed by atoms with Crippen molar-refractivity contribution in [3.8, 4) is 5.75 Å². The molecule has 3 aromatic rings. The normalized spacial score (nSPS) is 12.5. The lowest BCUT2D eigenvalue weighted by molar-refractivity contribution is 0.206. The lowest BCUT2D eigenvalue weighted by Crippen LogP contribution is -2.07. The number of para-hydroxylation sites is 2. The third kappa shape index (κ3) is 2.50. The highest BCUT2D eigenvalue weighted by Gasteiger charge is 2.17. The van der Waals surface area contributed by atoms with Crippen molar-refractivity contribution in [3.05, 3.63) is 59.9 Å². The van der Waals surface area contributed by atoms with Gasteiger partial charge in [0.2, 0.25) is 0 Å². The molecule has 0 aliphatic heterocycles. The maximum absolute atomic E-state index is 10.6.